The van der Waals surface area contributed by atoms with E-state index in [1.165, 1.54) is 30.7 Å². The van der Waals surface area contributed by atoms with Crippen LogP contribution in [0.1, 0.15) is 43.5 Å². The Balaban J connectivity index is 1.80. The van der Waals surface area contributed by atoms with Crippen LogP contribution in [0.5, 0.6) is 5.75 Å². The normalized spacial score (nSPS) is 24.5. The number of amides is 1. The van der Waals surface area contributed by atoms with Crippen LogP contribution in [-0.4, -0.2) is 29.6 Å². The molecule has 1 aromatic rings. The molecule has 0 saturated heterocycles. The van der Waals surface area contributed by atoms with Crippen molar-refractivity contribution in [2.45, 2.75) is 39.2 Å². The van der Waals surface area contributed by atoms with E-state index in [2.05, 4.69) is 19.2 Å². The lowest BCUT2D eigenvalue weighted by atomic mass is 9.78. The fourth-order valence-corrected chi connectivity index (χ4v) is 2.85. The van der Waals surface area contributed by atoms with E-state index in [-0.39, 0.29) is 24.3 Å². The summed E-state index contributed by atoms with van der Waals surface area (Å²) in [4.78, 5) is 23.7. The van der Waals surface area contributed by atoms with Crippen molar-refractivity contribution in [1.29, 1.82) is 0 Å². The Labute approximate surface area is 130 Å². The molecule has 5 nitrogen and oxygen atoms in total. The minimum absolute atomic E-state index is 0.0784. The smallest absolute Gasteiger partial charge is 0.338 e. The molecule has 1 aliphatic rings. The second-order valence-corrected chi connectivity index (χ2v) is 6.06. The Morgan fingerprint density at radius 3 is 2.59 bits per heavy atom. The van der Waals surface area contributed by atoms with E-state index in [1.54, 1.807) is 0 Å². The highest BCUT2D eigenvalue weighted by atomic mass is 16.5. The van der Waals surface area contributed by atoms with Gasteiger partial charge in [-0.15, -0.1) is 0 Å². The number of benzene rings is 1. The van der Waals surface area contributed by atoms with Crippen molar-refractivity contribution in [3.8, 4) is 5.75 Å². The van der Waals surface area contributed by atoms with Gasteiger partial charge in [-0.25, -0.2) is 4.79 Å². The number of hydrogen-bond donors (Lipinski definition) is 2. The highest BCUT2D eigenvalue weighted by Gasteiger charge is 2.28. The first-order chi connectivity index (χ1) is 10.5. The van der Waals surface area contributed by atoms with E-state index in [1.807, 2.05) is 0 Å². The average Bonchev–Trinajstić information content (AvgIpc) is 2.50. The van der Waals surface area contributed by atoms with Gasteiger partial charge >= 0.3 is 5.97 Å². The molecule has 0 aliphatic heterocycles. The zero-order valence-corrected chi connectivity index (χ0v) is 13.0. The van der Waals surface area contributed by atoms with E-state index in [9.17, 15) is 9.59 Å². The van der Waals surface area contributed by atoms with Crippen molar-refractivity contribution in [3.63, 3.8) is 0 Å². The van der Waals surface area contributed by atoms with Crippen molar-refractivity contribution < 1.29 is 19.4 Å². The number of carbonyl (C=O) groups excluding carboxylic acids is 2. The first-order valence-corrected chi connectivity index (χ1v) is 7.73. The van der Waals surface area contributed by atoms with Crippen molar-refractivity contribution in [2.75, 3.05) is 6.61 Å². The maximum Gasteiger partial charge on any atom is 0.338 e. The third kappa shape index (κ3) is 4.23. The average molecular weight is 305 g/mol. The molecule has 5 heteroatoms. The molecule has 0 aromatic heterocycles. The number of aromatic hydroxyl groups is 1. The van der Waals surface area contributed by atoms with Crippen molar-refractivity contribution in [1.82, 2.24) is 5.32 Å². The van der Waals surface area contributed by atoms with Crippen LogP contribution in [0.15, 0.2) is 24.3 Å². The summed E-state index contributed by atoms with van der Waals surface area (Å²) in [6, 6.07) is 5.88. The Morgan fingerprint density at radius 2 is 1.91 bits per heavy atom. The monoisotopic (exact) mass is 305 g/mol. The van der Waals surface area contributed by atoms with Crippen LogP contribution in [-0.2, 0) is 9.53 Å². The van der Waals surface area contributed by atoms with Gasteiger partial charge in [-0.1, -0.05) is 26.7 Å². The van der Waals surface area contributed by atoms with E-state index in [0.717, 1.165) is 12.8 Å². The SMILES string of the molecule is C[C@H]1[C@@H](NC(=O)COC(=O)c2ccc(O)cc2)CCC[C@@H]1C. The fourth-order valence-electron chi connectivity index (χ4n) is 2.85. The molecule has 2 N–H and O–H groups in total. The zero-order valence-electron chi connectivity index (χ0n) is 13.0. The van der Waals surface area contributed by atoms with E-state index < -0.39 is 5.97 Å². The van der Waals surface area contributed by atoms with Crippen molar-refractivity contribution in [3.05, 3.63) is 29.8 Å². The van der Waals surface area contributed by atoms with Crippen molar-refractivity contribution >= 4 is 11.9 Å². The van der Waals surface area contributed by atoms with Gasteiger partial charge in [0.05, 0.1) is 5.56 Å². The number of rotatable bonds is 4. The number of phenols is 1. The minimum Gasteiger partial charge on any atom is -0.508 e. The second-order valence-electron chi connectivity index (χ2n) is 6.06. The van der Waals surface area contributed by atoms with Gasteiger partial charge in [-0.05, 0) is 42.5 Å². The first kappa shape index (κ1) is 16.3. The number of ether oxygens (including phenoxy) is 1. The summed E-state index contributed by atoms with van der Waals surface area (Å²) in [5, 5.41) is 12.1. The maximum absolute atomic E-state index is 11.9. The summed E-state index contributed by atoms with van der Waals surface area (Å²) in [6.07, 6.45) is 3.29. The number of nitrogens with one attached hydrogen (secondary N) is 1. The van der Waals surface area contributed by atoms with E-state index in [4.69, 9.17) is 9.84 Å². The number of carbonyl (C=O) groups is 2. The third-order valence-electron chi connectivity index (χ3n) is 4.49. The summed E-state index contributed by atoms with van der Waals surface area (Å²) >= 11 is 0. The van der Waals surface area contributed by atoms with Gasteiger partial charge in [0.15, 0.2) is 6.61 Å². The van der Waals surface area contributed by atoms with Crippen molar-refractivity contribution in [2.24, 2.45) is 11.8 Å². The molecule has 1 saturated carbocycles. The third-order valence-corrected chi connectivity index (χ3v) is 4.49. The second kappa shape index (κ2) is 7.29. The summed E-state index contributed by atoms with van der Waals surface area (Å²) < 4.78 is 5.00. The molecule has 1 aliphatic carbocycles. The van der Waals surface area contributed by atoms with Gasteiger partial charge in [0.25, 0.3) is 5.91 Å². The Bertz CT molecular complexity index is 526. The molecule has 1 aromatic carbocycles. The molecular weight excluding hydrogens is 282 g/mol. The first-order valence-electron chi connectivity index (χ1n) is 7.73. The Kier molecular flexibility index (Phi) is 5.41. The molecule has 0 radical (unpaired) electrons. The predicted octanol–water partition coefficient (Wildman–Crippen LogP) is 2.49. The molecule has 1 fully saturated rings. The van der Waals surface area contributed by atoms with Crippen LogP contribution >= 0.6 is 0 Å². The summed E-state index contributed by atoms with van der Waals surface area (Å²) in [7, 11) is 0. The van der Waals surface area contributed by atoms with Gasteiger partial charge in [-0.3, -0.25) is 4.79 Å². The quantitative estimate of drug-likeness (QED) is 0.838. The largest absolute Gasteiger partial charge is 0.508 e. The molecule has 1 amide bonds. The lowest BCUT2D eigenvalue weighted by Crippen LogP contribution is -2.45. The Hall–Kier alpha value is -2.04. The minimum atomic E-state index is -0.569. The molecule has 22 heavy (non-hydrogen) atoms. The molecular formula is C17H23NO4. The van der Waals surface area contributed by atoms with E-state index in [0.29, 0.717) is 17.4 Å². The van der Waals surface area contributed by atoms with Gasteiger partial charge in [-0.2, -0.15) is 0 Å². The lowest BCUT2D eigenvalue weighted by Gasteiger charge is -2.34. The molecule has 0 spiro atoms. The van der Waals surface area contributed by atoms with Gasteiger partial charge < -0.3 is 15.2 Å². The summed E-state index contributed by atoms with van der Waals surface area (Å²) in [6.45, 7) is 4.07. The lowest BCUT2D eigenvalue weighted by molar-refractivity contribution is -0.125. The van der Waals surface area contributed by atoms with Crippen LogP contribution in [0, 0.1) is 11.8 Å². The van der Waals surface area contributed by atoms with Crippen LogP contribution in [0.3, 0.4) is 0 Å². The number of esters is 1. The molecule has 3 atom stereocenters. The molecule has 0 unspecified atom stereocenters. The molecule has 120 valence electrons. The van der Waals surface area contributed by atoms with Gasteiger partial charge in [0.2, 0.25) is 0 Å². The molecule has 0 bridgehead atoms. The van der Waals surface area contributed by atoms with Gasteiger partial charge in [0, 0.05) is 6.04 Å². The van der Waals surface area contributed by atoms with Crippen LogP contribution in [0.25, 0.3) is 0 Å². The topological polar surface area (TPSA) is 75.6 Å². The number of phenolic OH excluding ortho intramolecular Hbond substituents is 1. The maximum atomic E-state index is 11.9. The van der Waals surface area contributed by atoms with Crippen LogP contribution < -0.4 is 5.32 Å². The highest BCUT2D eigenvalue weighted by molar-refractivity contribution is 5.91. The highest BCUT2D eigenvalue weighted by Crippen LogP contribution is 2.29. The fraction of sp³-hybridized carbons (Fsp3) is 0.529. The Morgan fingerprint density at radius 1 is 1.23 bits per heavy atom. The van der Waals surface area contributed by atoms with E-state index >= 15 is 0 Å². The standard InChI is InChI=1S/C17H23NO4/c1-11-4-3-5-15(12(11)2)18-16(20)10-22-17(21)13-6-8-14(19)9-7-13/h6-9,11-12,15,19H,3-5,10H2,1-2H3,(H,18,20)/t11-,12+,15-/m0/s1. The molecule has 2 rings (SSSR count). The number of hydrogen-bond acceptors (Lipinski definition) is 4. The van der Waals surface area contributed by atoms with Gasteiger partial charge in [0.1, 0.15) is 5.75 Å². The predicted molar refractivity (Wildman–Crippen MR) is 82.5 cm³/mol. The van der Waals surface area contributed by atoms with Crippen LogP contribution in [0.2, 0.25) is 0 Å². The zero-order chi connectivity index (χ0) is 16.1. The summed E-state index contributed by atoms with van der Waals surface area (Å²) in [5.74, 6) is 0.275. The molecule has 0 heterocycles. The summed E-state index contributed by atoms with van der Waals surface area (Å²) in [5.41, 5.74) is 0.310. The van der Waals surface area contributed by atoms with Crippen LogP contribution in [0.4, 0.5) is 0 Å².